The minimum atomic E-state index is -0.275. The molecule has 1 amide bonds. The van der Waals surface area contributed by atoms with E-state index in [0.717, 1.165) is 17.4 Å². The van der Waals surface area contributed by atoms with Crippen molar-refractivity contribution in [2.45, 2.75) is 19.9 Å². The minimum absolute atomic E-state index is 0.275. The second kappa shape index (κ2) is 5.81. The smallest absolute Gasteiger partial charge is 0.218 e. The van der Waals surface area contributed by atoms with Crippen LogP contribution in [0.25, 0.3) is 0 Å². The number of carbonyl (C=O) groups is 1. The van der Waals surface area contributed by atoms with Gasteiger partial charge >= 0.3 is 0 Å². The van der Waals surface area contributed by atoms with Crippen LogP contribution in [-0.4, -0.2) is 31.5 Å². The summed E-state index contributed by atoms with van der Waals surface area (Å²) >= 11 is 1.66. The molecular weight excluding hydrogens is 224 g/mol. The lowest BCUT2D eigenvalue weighted by Gasteiger charge is -2.05. The van der Waals surface area contributed by atoms with Crippen LogP contribution in [0.5, 0.6) is 0 Å². The minimum Gasteiger partial charge on any atom is -0.370 e. The largest absolute Gasteiger partial charge is 0.370 e. The van der Waals surface area contributed by atoms with E-state index in [-0.39, 0.29) is 5.91 Å². The van der Waals surface area contributed by atoms with Crippen molar-refractivity contribution in [2.24, 2.45) is 5.73 Å². The van der Waals surface area contributed by atoms with Crippen molar-refractivity contribution in [1.82, 2.24) is 10.3 Å². The highest BCUT2D eigenvalue weighted by molar-refractivity contribution is 7.15. The molecule has 1 aromatic rings. The Morgan fingerprint density at radius 3 is 2.75 bits per heavy atom. The third-order valence-electron chi connectivity index (χ3n) is 2.10. The van der Waals surface area contributed by atoms with E-state index in [2.05, 4.69) is 10.3 Å². The number of rotatable bonds is 6. The van der Waals surface area contributed by atoms with Gasteiger partial charge in [0.25, 0.3) is 0 Å². The summed E-state index contributed by atoms with van der Waals surface area (Å²) in [4.78, 5) is 18.2. The average molecular weight is 242 g/mol. The zero-order chi connectivity index (χ0) is 12.1. The summed E-state index contributed by atoms with van der Waals surface area (Å²) in [5.74, 6) is -0.275. The summed E-state index contributed by atoms with van der Waals surface area (Å²) < 4.78 is 0. The molecule has 0 bridgehead atoms. The van der Waals surface area contributed by atoms with E-state index in [1.807, 2.05) is 25.9 Å². The number of carbonyl (C=O) groups excluding carboxylic acids is 1. The maximum atomic E-state index is 10.5. The molecule has 0 aliphatic rings. The number of nitrogens with zero attached hydrogens (tertiary/aromatic N) is 2. The molecule has 16 heavy (non-hydrogen) atoms. The molecule has 0 spiro atoms. The van der Waals surface area contributed by atoms with E-state index in [1.54, 1.807) is 11.3 Å². The molecule has 0 fully saturated rings. The van der Waals surface area contributed by atoms with Gasteiger partial charge in [0.15, 0.2) is 5.13 Å². The van der Waals surface area contributed by atoms with E-state index >= 15 is 0 Å². The molecule has 1 aromatic heterocycles. The second-order valence-electron chi connectivity index (χ2n) is 3.79. The van der Waals surface area contributed by atoms with Crippen LogP contribution in [0.2, 0.25) is 0 Å². The molecule has 0 unspecified atom stereocenters. The first-order valence-electron chi connectivity index (χ1n) is 5.13. The zero-order valence-corrected chi connectivity index (χ0v) is 10.7. The van der Waals surface area contributed by atoms with Crippen LogP contribution >= 0.6 is 11.3 Å². The van der Waals surface area contributed by atoms with E-state index in [4.69, 9.17) is 5.73 Å². The van der Waals surface area contributed by atoms with Gasteiger partial charge in [0.1, 0.15) is 0 Å². The van der Waals surface area contributed by atoms with E-state index < -0.39 is 0 Å². The van der Waals surface area contributed by atoms with Gasteiger partial charge in [-0.1, -0.05) is 0 Å². The van der Waals surface area contributed by atoms with Crippen molar-refractivity contribution in [3.05, 3.63) is 10.6 Å². The Morgan fingerprint density at radius 2 is 2.25 bits per heavy atom. The topological polar surface area (TPSA) is 71.2 Å². The summed E-state index contributed by atoms with van der Waals surface area (Å²) in [7, 11) is 3.95. The molecule has 0 aromatic carbocycles. The lowest BCUT2D eigenvalue weighted by Crippen LogP contribution is -2.21. The molecule has 1 rings (SSSR count). The normalized spacial score (nSPS) is 10.4. The van der Waals surface area contributed by atoms with Gasteiger partial charge in [-0.05, 0) is 6.92 Å². The van der Waals surface area contributed by atoms with Crippen LogP contribution in [0, 0.1) is 6.92 Å². The number of aryl methyl sites for hydroxylation is 1. The fourth-order valence-corrected chi connectivity index (χ4v) is 2.13. The van der Waals surface area contributed by atoms with Crippen molar-refractivity contribution in [2.75, 3.05) is 25.5 Å². The lowest BCUT2D eigenvalue weighted by atomic mass is 10.3. The molecule has 0 saturated carbocycles. The Morgan fingerprint density at radius 1 is 1.56 bits per heavy atom. The highest BCUT2D eigenvalue weighted by Crippen LogP contribution is 2.24. The summed E-state index contributed by atoms with van der Waals surface area (Å²) in [5.41, 5.74) is 6.09. The molecule has 0 radical (unpaired) electrons. The van der Waals surface area contributed by atoms with Gasteiger partial charge in [-0.2, -0.15) is 0 Å². The maximum absolute atomic E-state index is 10.5. The Hall–Kier alpha value is -1.14. The molecule has 6 heteroatoms. The number of nitrogens with two attached hydrogens (primary N) is 1. The number of primary amides is 1. The van der Waals surface area contributed by atoms with E-state index in [0.29, 0.717) is 13.0 Å². The number of thiazole rings is 1. The van der Waals surface area contributed by atoms with Crippen molar-refractivity contribution < 1.29 is 4.79 Å². The van der Waals surface area contributed by atoms with Crippen LogP contribution in [0.1, 0.15) is 17.0 Å². The highest BCUT2D eigenvalue weighted by atomic mass is 32.1. The number of anilines is 1. The molecule has 90 valence electrons. The first kappa shape index (κ1) is 12.9. The monoisotopic (exact) mass is 242 g/mol. The van der Waals surface area contributed by atoms with Crippen LogP contribution < -0.4 is 16.0 Å². The molecule has 0 saturated heterocycles. The predicted octanol–water partition coefficient (Wildman–Crippen LogP) is 0.483. The fourth-order valence-electron chi connectivity index (χ4n) is 1.18. The Labute approximate surface area is 99.7 Å². The van der Waals surface area contributed by atoms with Gasteiger partial charge in [0.05, 0.1) is 5.69 Å². The van der Waals surface area contributed by atoms with Gasteiger partial charge in [-0.15, -0.1) is 11.3 Å². The average Bonchev–Trinajstić information content (AvgIpc) is 2.55. The van der Waals surface area contributed by atoms with Crippen molar-refractivity contribution in [3.8, 4) is 0 Å². The summed E-state index contributed by atoms with van der Waals surface area (Å²) in [5, 5.41) is 4.18. The maximum Gasteiger partial charge on any atom is 0.218 e. The standard InChI is InChI=1S/C10H18N4OS/c1-7-8(6-12-5-4-9(11)15)16-10(13-7)14(2)3/h12H,4-6H2,1-3H3,(H2,11,15). The number of nitrogens with one attached hydrogen (secondary N) is 1. The van der Waals surface area contributed by atoms with Crippen LogP contribution in [0.4, 0.5) is 5.13 Å². The van der Waals surface area contributed by atoms with Gasteiger partial charge in [0.2, 0.25) is 5.91 Å². The highest BCUT2D eigenvalue weighted by Gasteiger charge is 2.08. The number of hydrogen-bond donors (Lipinski definition) is 2. The molecule has 0 aliphatic carbocycles. The van der Waals surface area contributed by atoms with Crippen LogP contribution in [-0.2, 0) is 11.3 Å². The number of hydrogen-bond acceptors (Lipinski definition) is 5. The number of amides is 1. The molecule has 0 aliphatic heterocycles. The third kappa shape index (κ3) is 3.79. The van der Waals surface area contributed by atoms with Crippen LogP contribution in [0.3, 0.4) is 0 Å². The van der Waals surface area contributed by atoms with Gasteiger partial charge in [0, 0.05) is 38.5 Å². The van der Waals surface area contributed by atoms with Gasteiger partial charge in [-0.25, -0.2) is 4.98 Å². The summed E-state index contributed by atoms with van der Waals surface area (Å²) in [6, 6.07) is 0. The summed E-state index contributed by atoms with van der Waals surface area (Å²) in [6.07, 6.45) is 0.373. The van der Waals surface area contributed by atoms with Gasteiger partial charge in [-0.3, -0.25) is 4.79 Å². The molecular formula is C10H18N4OS. The molecule has 1 heterocycles. The Balaban J connectivity index is 2.44. The zero-order valence-electron chi connectivity index (χ0n) is 9.91. The quantitative estimate of drug-likeness (QED) is 0.712. The SMILES string of the molecule is Cc1nc(N(C)C)sc1CNCCC(N)=O. The van der Waals surface area contributed by atoms with Crippen molar-refractivity contribution in [3.63, 3.8) is 0 Å². The third-order valence-corrected chi connectivity index (χ3v) is 3.42. The summed E-state index contributed by atoms with van der Waals surface area (Å²) in [6.45, 7) is 3.35. The van der Waals surface area contributed by atoms with Crippen molar-refractivity contribution >= 4 is 22.4 Å². The fraction of sp³-hybridized carbons (Fsp3) is 0.600. The second-order valence-corrected chi connectivity index (χ2v) is 4.85. The molecule has 0 atom stereocenters. The van der Waals surface area contributed by atoms with Gasteiger partial charge < -0.3 is 16.0 Å². The van der Waals surface area contributed by atoms with Crippen molar-refractivity contribution in [1.29, 1.82) is 0 Å². The first-order chi connectivity index (χ1) is 7.50. The van der Waals surface area contributed by atoms with E-state index in [9.17, 15) is 4.79 Å². The lowest BCUT2D eigenvalue weighted by molar-refractivity contribution is -0.117. The van der Waals surface area contributed by atoms with Crippen LogP contribution in [0.15, 0.2) is 0 Å². The number of aromatic nitrogens is 1. The molecule has 3 N–H and O–H groups in total. The van der Waals surface area contributed by atoms with E-state index in [1.165, 1.54) is 4.88 Å². The first-order valence-corrected chi connectivity index (χ1v) is 5.95. The molecule has 5 nitrogen and oxygen atoms in total. The Kier molecular flexibility index (Phi) is 4.70. The predicted molar refractivity (Wildman–Crippen MR) is 66.7 cm³/mol. The Bertz CT molecular complexity index is 362.